The highest BCUT2D eigenvalue weighted by Gasteiger charge is 2.38. The van der Waals surface area contributed by atoms with Gasteiger partial charge in [0.1, 0.15) is 6.04 Å². The molecule has 0 spiro atoms. The molecule has 0 saturated heterocycles. The van der Waals surface area contributed by atoms with Crippen molar-refractivity contribution in [3.05, 3.63) is 58.3 Å². The number of benzene rings is 1. The molecule has 2 amide bonds. The number of hydrogen-bond donors (Lipinski definition) is 4. The average Bonchev–Trinajstić information content (AvgIpc) is 3.33. The van der Waals surface area contributed by atoms with Crippen molar-refractivity contribution in [1.82, 2.24) is 10.6 Å². The van der Waals surface area contributed by atoms with E-state index in [1.54, 1.807) is 12.1 Å². The van der Waals surface area contributed by atoms with Gasteiger partial charge in [-0.3, -0.25) is 14.4 Å². The fourth-order valence-electron chi connectivity index (χ4n) is 2.28. The van der Waals surface area contributed by atoms with Crippen LogP contribution in [0.2, 0.25) is 0 Å². The van der Waals surface area contributed by atoms with Crippen molar-refractivity contribution >= 4 is 56.7 Å². The normalized spacial score (nSPS) is 11.5. The average molecular weight is 553 g/mol. The lowest BCUT2D eigenvalue weighted by Crippen LogP contribution is -2.48. The largest absolute Gasteiger partial charge is 0.490 e. The number of aliphatic carboxylic acids is 2. The first-order valence-corrected chi connectivity index (χ1v) is 13.3. The molecule has 1 unspecified atom stereocenters. The second-order valence-corrected chi connectivity index (χ2v) is 10.2. The summed E-state index contributed by atoms with van der Waals surface area (Å²) in [6, 6.07) is 12.4. The molecule has 1 atom stereocenters. The highest BCUT2D eigenvalue weighted by atomic mass is 33.1. The van der Waals surface area contributed by atoms with Crippen LogP contribution >= 0.6 is 32.9 Å². The standard InChI is InChI=1S/C19H22N2O4S3.C2HF3O2/c22-17(23)8-11-27-28-12-9-20-18(24)15(13-14-5-2-1-3-6-14)21-19(25)16-7-4-10-26-16;3-2(4,5)1(6)7/h1-7,10,15H,8-9,11-13H2,(H,20,24)(H,21,25)(H,22,23);(H,6,7). The van der Waals surface area contributed by atoms with Crippen LogP contribution in [0.15, 0.2) is 47.8 Å². The van der Waals surface area contributed by atoms with E-state index in [2.05, 4.69) is 10.6 Å². The summed E-state index contributed by atoms with van der Waals surface area (Å²) in [6.07, 6.45) is -4.55. The van der Waals surface area contributed by atoms with Crippen LogP contribution in [-0.2, 0) is 20.8 Å². The number of halogens is 3. The first-order valence-electron chi connectivity index (χ1n) is 9.93. The number of carbonyl (C=O) groups excluding carboxylic acids is 2. The molecule has 14 heteroatoms. The van der Waals surface area contributed by atoms with Crippen LogP contribution in [0.1, 0.15) is 21.7 Å². The van der Waals surface area contributed by atoms with Crippen LogP contribution in [0.4, 0.5) is 13.2 Å². The van der Waals surface area contributed by atoms with E-state index in [0.717, 1.165) is 5.56 Å². The van der Waals surface area contributed by atoms with Gasteiger partial charge in [0.25, 0.3) is 5.91 Å². The van der Waals surface area contributed by atoms with E-state index >= 15 is 0 Å². The van der Waals surface area contributed by atoms with Crippen LogP contribution in [0.3, 0.4) is 0 Å². The Bertz CT molecular complexity index is 944. The third-order valence-corrected chi connectivity index (χ3v) is 7.14. The molecule has 0 aliphatic rings. The van der Waals surface area contributed by atoms with Crippen LogP contribution in [0, 0.1) is 0 Å². The first kappa shape index (κ1) is 30.3. The van der Waals surface area contributed by atoms with Gasteiger partial charge in [0.15, 0.2) is 0 Å². The van der Waals surface area contributed by atoms with E-state index in [-0.39, 0.29) is 18.2 Å². The minimum absolute atomic E-state index is 0.123. The smallest absolute Gasteiger partial charge is 0.481 e. The molecular formula is C21H23F3N2O6S3. The van der Waals surface area contributed by atoms with Gasteiger partial charge in [0, 0.05) is 24.5 Å². The predicted molar refractivity (Wildman–Crippen MR) is 130 cm³/mol. The molecule has 35 heavy (non-hydrogen) atoms. The molecule has 2 rings (SSSR count). The molecule has 192 valence electrons. The van der Waals surface area contributed by atoms with E-state index in [1.807, 2.05) is 35.7 Å². The highest BCUT2D eigenvalue weighted by Crippen LogP contribution is 2.21. The van der Waals surface area contributed by atoms with Gasteiger partial charge in [-0.05, 0) is 17.0 Å². The summed E-state index contributed by atoms with van der Waals surface area (Å²) in [5.41, 5.74) is 0.965. The van der Waals surface area contributed by atoms with Crippen molar-refractivity contribution in [3.8, 4) is 0 Å². The summed E-state index contributed by atoms with van der Waals surface area (Å²) in [7, 11) is 2.99. The van der Waals surface area contributed by atoms with Crippen molar-refractivity contribution in [1.29, 1.82) is 0 Å². The number of carboxylic acids is 2. The third kappa shape index (κ3) is 13.7. The quantitative estimate of drug-likeness (QED) is 0.232. The molecule has 1 aromatic heterocycles. The molecule has 4 N–H and O–H groups in total. The van der Waals surface area contributed by atoms with Crippen molar-refractivity contribution in [2.24, 2.45) is 0 Å². The fourth-order valence-corrected chi connectivity index (χ4v) is 4.80. The van der Waals surface area contributed by atoms with E-state index in [9.17, 15) is 27.6 Å². The number of rotatable bonds is 12. The summed E-state index contributed by atoms with van der Waals surface area (Å²) < 4.78 is 31.7. The maximum Gasteiger partial charge on any atom is 0.490 e. The molecular weight excluding hydrogens is 529 g/mol. The van der Waals surface area contributed by atoms with Gasteiger partial charge in [-0.25, -0.2) is 4.79 Å². The molecule has 1 aromatic carbocycles. The molecule has 0 saturated carbocycles. The Morgan fingerprint density at radius 3 is 2.14 bits per heavy atom. The minimum Gasteiger partial charge on any atom is -0.481 e. The Hall–Kier alpha value is -2.71. The minimum atomic E-state index is -5.08. The van der Waals surface area contributed by atoms with Crippen LogP contribution in [-0.4, -0.2) is 64.2 Å². The van der Waals surface area contributed by atoms with Crippen LogP contribution < -0.4 is 10.6 Å². The van der Waals surface area contributed by atoms with Crippen molar-refractivity contribution in [2.45, 2.75) is 25.1 Å². The molecule has 0 radical (unpaired) electrons. The highest BCUT2D eigenvalue weighted by molar-refractivity contribution is 8.76. The SMILES string of the molecule is O=C(O)C(F)(F)F.O=C(O)CCSSCCNC(=O)C(Cc1ccccc1)NC(=O)c1cccs1. The van der Waals surface area contributed by atoms with Gasteiger partial charge < -0.3 is 20.8 Å². The number of thiophene rings is 1. The second kappa shape index (κ2) is 16.1. The van der Waals surface area contributed by atoms with Crippen molar-refractivity contribution < 1.29 is 42.6 Å². The summed E-state index contributed by atoms with van der Waals surface area (Å²) in [5, 5.41) is 23.2. The zero-order valence-electron chi connectivity index (χ0n) is 18.1. The number of nitrogens with one attached hydrogen (secondary N) is 2. The van der Waals surface area contributed by atoms with Gasteiger partial charge in [-0.15, -0.1) is 11.3 Å². The number of alkyl halides is 3. The monoisotopic (exact) mass is 552 g/mol. The predicted octanol–water partition coefficient (Wildman–Crippen LogP) is 3.69. The number of hydrogen-bond acceptors (Lipinski definition) is 7. The van der Waals surface area contributed by atoms with E-state index in [1.165, 1.54) is 32.9 Å². The molecule has 2 aromatic rings. The lowest BCUT2D eigenvalue weighted by atomic mass is 10.1. The van der Waals surface area contributed by atoms with Crippen LogP contribution in [0.5, 0.6) is 0 Å². The Morgan fingerprint density at radius 2 is 1.60 bits per heavy atom. The summed E-state index contributed by atoms with van der Waals surface area (Å²) >= 11 is 1.33. The zero-order chi connectivity index (χ0) is 26.3. The van der Waals surface area contributed by atoms with Crippen LogP contribution in [0.25, 0.3) is 0 Å². The van der Waals surface area contributed by atoms with Gasteiger partial charge in [-0.2, -0.15) is 13.2 Å². The maximum absolute atomic E-state index is 12.6. The van der Waals surface area contributed by atoms with E-state index in [4.69, 9.17) is 15.0 Å². The maximum atomic E-state index is 12.6. The van der Waals surface area contributed by atoms with Gasteiger partial charge >= 0.3 is 18.1 Å². The second-order valence-electron chi connectivity index (χ2n) is 6.57. The molecule has 0 bridgehead atoms. The summed E-state index contributed by atoms with van der Waals surface area (Å²) in [5.74, 6) is -2.87. The molecule has 8 nitrogen and oxygen atoms in total. The number of carbonyl (C=O) groups is 4. The Kier molecular flexibility index (Phi) is 13.9. The molecule has 0 aliphatic carbocycles. The Labute approximate surface area is 211 Å². The van der Waals surface area contributed by atoms with E-state index < -0.39 is 24.2 Å². The van der Waals surface area contributed by atoms with Crippen molar-refractivity contribution in [3.63, 3.8) is 0 Å². The Balaban J connectivity index is 0.000000762. The van der Waals surface area contributed by atoms with Crippen molar-refractivity contribution in [2.75, 3.05) is 18.1 Å². The lowest BCUT2D eigenvalue weighted by Gasteiger charge is -2.18. The number of carboxylic acid groups (broad SMARTS) is 2. The molecule has 0 fully saturated rings. The fraction of sp³-hybridized carbons (Fsp3) is 0.333. The molecule has 0 aliphatic heterocycles. The van der Waals surface area contributed by atoms with Gasteiger partial charge in [-0.1, -0.05) is 58.0 Å². The zero-order valence-corrected chi connectivity index (χ0v) is 20.6. The molecule has 1 heterocycles. The third-order valence-electron chi connectivity index (χ3n) is 3.86. The lowest BCUT2D eigenvalue weighted by molar-refractivity contribution is -0.192. The Morgan fingerprint density at radius 1 is 0.971 bits per heavy atom. The van der Waals surface area contributed by atoms with Gasteiger partial charge in [0.2, 0.25) is 5.91 Å². The summed E-state index contributed by atoms with van der Waals surface area (Å²) in [6.45, 7) is 0.448. The summed E-state index contributed by atoms with van der Waals surface area (Å²) in [4.78, 5) is 44.9. The first-order chi connectivity index (χ1) is 16.5. The number of amides is 2. The van der Waals surface area contributed by atoms with E-state index in [0.29, 0.717) is 29.3 Å². The van der Waals surface area contributed by atoms with Gasteiger partial charge in [0.05, 0.1) is 11.3 Å². The topological polar surface area (TPSA) is 133 Å².